The van der Waals surface area contributed by atoms with Crippen LogP contribution in [0.2, 0.25) is 0 Å². The van der Waals surface area contributed by atoms with Crippen LogP contribution in [0.4, 0.5) is 20.8 Å². The molecule has 0 spiro atoms. The summed E-state index contributed by atoms with van der Waals surface area (Å²) in [7, 11) is 20.3. The van der Waals surface area contributed by atoms with Crippen molar-refractivity contribution in [2.75, 3.05) is 85.3 Å². The Labute approximate surface area is 821 Å². The average molecular weight is 2800 g/mol. The van der Waals surface area contributed by atoms with Crippen molar-refractivity contribution in [2.24, 2.45) is 0 Å². The Kier molecular flexibility index (Phi) is 69.1. The summed E-state index contributed by atoms with van der Waals surface area (Å²) < 4.78 is 240. The van der Waals surface area contributed by atoms with Crippen LogP contribution in [-0.2, 0) is 22.4 Å². The van der Waals surface area contributed by atoms with Crippen molar-refractivity contribution in [3.05, 3.63) is 334 Å². The molecule has 0 aliphatic heterocycles. The Balaban J connectivity index is 0.000000717. The van der Waals surface area contributed by atoms with Gasteiger partial charge in [0.25, 0.3) is 0 Å². The first kappa shape index (κ1) is 118. The number of hydrogen-bond donors (Lipinski definition) is 0. The molecule has 0 saturated carbocycles. The second kappa shape index (κ2) is 73.7. The molecule has 0 aliphatic rings. The van der Waals surface area contributed by atoms with Crippen molar-refractivity contribution < 1.29 is 252 Å². The van der Waals surface area contributed by atoms with Gasteiger partial charge in [-0.3, -0.25) is 0 Å². The Morgan fingerprint density at radius 1 is 0.151 bits per heavy atom. The standard InChI is InChI=1S/6C14H14IO2.6AsFO2/c6*1-16-13-7-3-11(4-8-13)15-12-5-9-14(17-2)10-6-12;6*2-1(3)4/h6*3-10H,1-2H3;;;;;;/q6*+1;6*-1. The van der Waals surface area contributed by atoms with Crippen molar-refractivity contribution in [1.82, 2.24) is 0 Å². The zero-order valence-electron chi connectivity index (χ0n) is 68.7. The molecule has 12 aromatic carbocycles. The molecule has 24 nitrogen and oxygen atoms in total. The predicted octanol–water partition coefficient (Wildman–Crippen LogP) is -8.62. The van der Waals surface area contributed by atoms with Gasteiger partial charge in [-0.2, -0.15) is 0 Å². The maximum atomic E-state index is 10.0. The van der Waals surface area contributed by atoms with E-state index in [1.54, 1.807) is 85.3 Å². The summed E-state index contributed by atoms with van der Waals surface area (Å²) in [5, 5.41) is 0. The molecule has 12 aromatic rings. The number of rotatable bonds is 24. The van der Waals surface area contributed by atoms with Crippen molar-refractivity contribution in [3.63, 3.8) is 0 Å². The van der Waals surface area contributed by atoms with E-state index in [0.717, 1.165) is 69.0 Å². The van der Waals surface area contributed by atoms with Gasteiger partial charge in [0, 0.05) is 0 Å². The van der Waals surface area contributed by atoms with E-state index in [1.807, 2.05) is 146 Å². The summed E-state index contributed by atoms with van der Waals surface area (Å²) >= 11 is -25.8. The van der Waals surface area contributed by atoms with E-state index in [4.69, 9.17) is 104 Å². The van der Waals surface area contributed by atoms with Crippen LogP contribution in [0.15, 0.2) is 291 Å². The first-order valence-corrected chi connectivity index (χ1v) is 61.1. The van der Waals surface area contributed by atoms with Gasteiger partial charge in [-0.1, -0.05) is 0 Å². The van der Waals surface area contributed by atoms with Crippen LogP contribution in [-0.4, -0.2) is 178 Å². The van der Waals surface area contributed by atoms with Crippen LogP contribution in [0.3, 0.4) is 0 Å². The third-order valence-corrected chi connectivity index (χ3v) is 30.0. The van der Waals surface area contributed by atoms with E-state index >= 15 is 0 Å². The maximum absolute atomic E-state index is 10.0. The fraction of sp³-hybridized carbons (Fsp3) is 0.143. The van der Waals surface area contributed by atoms with E-state index in [2.05, 4.69) is 146 Å². The molecule has 126 heavy (non-hydrogen) atoms. The van der Waals surface area contributed by atoms with E-state index < -0.39 is 92.4 Å². The molecular formula is C84H84As6F6I6O24. The molecule has 12 rings (SSSR count). The van der Waals surface area contributed by atoms with Crippen LogP contribution in [0, 0.1) is 42.8 Å². The summed E-state index contributed by atoms with van der Waals surface area (Å²) in [6.07, 6.45) is 0. The summed E-state index contributed by atoms with van der Waals surface area (Å²) in [6.45, 7) is 0. The van der Waals surface area contributed by atoms with Gasteiger partial charge in [-0.15, -0.1) is 0 Å². The van der Waals surface area contributed by atoms with Crippen LogP contribution in [0.5, 0.6) is 69.0 Å². The number of benzene rings is 12. The Morgan fingerprint density at radius 3 is 0.238 bits per heavy atom. The van der Waals surface area contributed by atoms with Gasteiger partial charge in [0.2, 0.25) is 0 Å². The van der Waals surface area contributed by atoms with Gasteiger partial charge in [0.05, 0.1) is 85.3 Å². The predicted molar refractivity (Wildman–Crippen MR) is 426 cm³/mol. The fourth-order valence-electron chi connectivity index (χ4n) is 8.36. The first-order valence-electron chi connectivity index (χ1n) is 34.7. The van der Waals surface area contributed by atoms with E-state index in [0.29, 0.717) is 0 Å². The topological polar surface area (TPSA) is 352 Å². The first-order chi connectivity index (χ1) is 60.3. The fourth-order valence-corrected chi connectivity index (χ4v) is 21.3. The van der Waals surface area contributed by atoms with Gasteiger partial charge >= 0.3 is 287 Å². The van der Waals surface area contributed by atoms with E-state index in [9.17, 15) is 20.8 Å². The normalized spacial score (nSPS) is 10.2. The van der Waals surface area contributed by atoms with Crippen molar-refractivity contribution >= 4 is 92.4 Å². The second-order valence-electron chi connectivity index (χ2n) is 21.7. The van der Waals surface area contributed by atoms with Gasteiger partial charge in [0.1, 0.15) is 69.0 Å². The van der Waals surface area contributed by atoms with Crippen LogP contribution in [0.1, 0.15) is 0 Å². The number of hydrogen-bond acceptors (Lipinski definition) is 24. The van der Waals surface area contributed by atoms with E-state index in [-0.39, 0.29) is 127 Å². The zero-order valence-corrected chi connectivity index (χ0v) is 92.9. The monoisotopic (exact) mass is 2800 g/mol. The van der Waals surface area contributed by atoms with Gasteiger partial charge in [-0.25, -0.2) is 0 Å². The zero-order chi connectivity index (χ0) is 94.0. The van der Waals surface area contributed by atoms with Gasteiger partial charge in [-0.05, 0) is 291 Å². The minimum atomic E-state index is -4.19. The molecule has 0 fully saturated rings. The summed E-state index contributed by atoms with van der Waals surface area (Å²) in [5.41, 5.74) is 0. The molecule has 42 heteroatoms. The third kappa shape index (κ3) is 61.6. The Morgan fingerprint density at radius 2 is 0.198 bits per heavy atom. The molecule has 6 radical (unpaired) electrons. The Hall–Kier alpha value is -5.89. The van der Waals surface area contributed by atoms with E-state index in [1.165, 1.54) is 42.8 Å². The quantitative estimate of drug-likeness (QED) is 0.0308. The molecule has 0 heterocycles. The molecule has 6 unspecified atom stereocenters. The molecule has 0 amide bonds. The summed E-state index contributed by atoms with van der Waals surface area (Å²) in [6, 6.07) is 99.5. The second-order valence-corrected chi connectivity index (χ2v) is 45.3. The summed E-state index contributed by atoms with van der Waals surface area (Å²) in [5.74, 6) is 10.9. The number of methoxy groups -OCH3 is 12. The van der Waals surface area contributed by atoms with Crippen molar-refractivity contribution in [2.45, 2.75) is 0 Å². The number of halogens is 12. The van der Waals surface area contributed by atoms with Crippen molar-refractivity contribution in [3.8, 4) is 69.0 Å². The molecule has 0 aromatic heterocycles. The molecular weight excluding hydrogens is 2720 g/mol. The molecule has 6 atom stereocenters. The molecule has 0 saturated heterocycles. The van der Waals surface area contributed by atoms with Crippen LogP contribution in [0.25, 0.3) is 0 Å². The van der Waals surface area contributed by atoms with Crippen LogP contribution >= 0.6 is 0 Å². The molecule has 0 N–H and O–H groups in total. The van der Waals surface area contributed by atoms with Gasteiger partial charge in [0.15, 0.2) is 42.8 Å². The Bertz CT molecular complexity index is 3880. The number of ether oxygens (including phenoxy) is 12. The average Bonchev–Trinajstić information content (AvgIpc) is 0.902. The third-order valence-electron chi connectivity index (χ3n) is 13.9. The van der Waals surface area contributed by atoms with Crippen molar-refractivity contribution in [1.29, 1.82) is 0 Å². The van der Waals surface area contributed by atoms with Gasteiger partial charge < -0.3 is 56.8 Å². The van der Waals surface area contributed by atoms with Crippen LogP contribution < -0.4 is 209 Å². The molecule has 0 aliphatic carbocycles. The molecule has 678 valence electrons. The molecule has 0 bridgehead atoms. The SMILES string of the molecule is COc1ccc([I+]c2ccc(OC)cc2)cc1.COc1ccc([I+]c2ccc(OC)cc2)cc1.COc1ccc([I+]c2ccc(OC)cc2)cc1.COc1ccc([I+]c2ccc(OC)cc2)cc1.COc1ccc([I+]c2ccc(OC)cc2)cc1.COc1ccc([I+]c2ccc(OC)cc2)cc1.O=[As]([O-])F.O=[As]([O-])F.O=[As]([O-])F.O=[As]([O-])F.O=[As]([O-])F.O=[As]([O-])F. The summed E-state index contributed by atoms with van der Waals surface area (Å²) in [4.78, 5) is 0. The minimum absolute atomic E-state index is 0.119.